The number of nitrogens with one attached hydrogen (secondary N) is 1. The molecule has 2 N–H and O–H groups in total. The molecule has 14 heavy (non-hydrogen) atoms. The Morgan fingerprint density at radius 2 is 2.21 bits per heavy atom. The number of halogens is 1. The Kier molecular flexibility index (Phi) is 9.40. The van der Waals surface area contributed by atoms with E-state index in [1.54, 1.807) is 0 Å². The first-order valence-electron chi connectivity index (χ1n) is 5.18. The van der Waals surface area contributed by atoms with Crippen molar-refractivity contribution in [3.8, 4) is 0 Å². The van der Waals surface area contributed by atoms with Crippen LogP contribution in [0.3, 0.4) is 0 Å². The van der Waals surface area contributed by atoms with E-state index in [1.165, 1.54) is 0 Å². The zero-order valence-corrected chi connectivity index (χ0v) is 10.3. The highest BCUT2D eigenvalue weighted by Gasteiger charge is 2.08. The third kappa shape index (κ3) is 7.33. The standard InChI is InChI=1S/C10H20BrNO2/c1-2-3-9(5-7-13)8-12-10(14)4-6-11/h9,13H,2-8H2,1H3,(H,12,14). The summed E-state index contributed by atoms with van der Waals surface area (Å²) in [5.41, 5.74) is 0. The largest absolute Gasteiger partial charge is 0.396 e. The second-order valence-electron chi connectivity index (χ2n) is 3.41. The van der Waals surface area contributed by atoms with Crippen LogP contribution in [0.4, 0.5) is 0 Å². The maximum Gasteiger partial charge on any atom is 0.220 e. The van der Waals surface area contributed by atoms with Gasteiger partial charge in [0.15, 0.2) is 0 Å². The van der Waals surface area contributed by atoms with Gasteiger partial charge in [-0.05, 0) is 18.8 Å². The molecule has 0 aromatic rings. The molecule has 0 aromatic carbocycles. The molecule has 0 radical (unpaired) electrons. The van der Waals surface area contributed by atoms with Crippen LogP contribution >= 0.6 is 15.9 Å². The van der Waals surface area contributed by atoms with Crippen LogP contribution in [0.1, 0.15) is 32.6 Å². The fourth-order valence-corrected chi connectivity index (χ4v) is 1.73. The van der Waals surface area contributed by atoms with Gasteiger partial charge in [-0.3, -0.25) is 4.79 Å². The van der Waals surface area contributed by atoms with E-state index in [-0.39, 0.29) is 12.5 Å². The van der Waals surface area contributed by atoms with Crippen LogP contribution < -0.4 is 5.32 Å². The lowest BCUT2D eigenvalue weighted by molar-refractivity contribution is -0.120. The molecule has 0 spiro atoms. The molecule has 1 atom stereocenters. The lowest BCUT2D eigenvalue weighted by Gasteiger charge is -2.15. The molecule has 3 nitrogen and oxygen atoms in total. The van der Waals surface area contributed by atoms with E-state index >= 15 is 0 Å². The highest BCUT2D eigenvalue weighted by Crippen LogP contribution is 2.09. The molecule has 0 aliphatic carbocycles. The summed E-state index contributed by atoms with van der Waals surface area (Å²) in [6.45, 7) is 3.02. The fourth-order valence-electron chi connectivity index (χ4n) is 1.37. The smallest absolute Gasteiger partial charge is 0.220 e. The number of alkyl halides is 1. The quantitative estimate of drug-likeness (QED) is 0.657. The molecule has 0 saturated carbocycles. The predicted octanol–water partition coefficient (Wildman–Crippen LogP) is 1.69. The van der Waals surface area contributed by atoms with Crippen LogP contribution in [0.5, 0.6) is 0 Å². The van der Waals surface area contributed by atoms with E-state index in [1.807, 2.05) is 0 Å². The Balaban J connectivity index is 3.63. The number of aliphatic hydroxyl groups excluding tert-OH is 1. The molecule has 0 heterocycles. The van der Waals surface area contributed by atoms with E-state index in [2.05, 4.69) is 28.2 Å². The number of carbonyl (C=O) groups is 1. The first-order valence-corrected chi connectivity index (χ1v) is 6.30. The van der Waals surface area contributed by atoms with Gasteiger partial charge in [0.25, 0.3) is 0 Å². The van der Waals surface area contributed by atoms with Gasteiger partial charge in [-0.1, -0.05) is 29.3 Å². The lowest BCUT2D eigenvalue weighted by atomic mass is 10.0. The number of carbonyl (C=O) groups excluding carboxylic acids is 1. The van der Waals surface area contributed by atoms with Crippen molar-refractivity contribution < 1.29 is 9.90 Å². The molecule has 1 unspecified atom stereocenters. The average molecular weight is 266 g/mol. The number of amides is 1. The van der Waals surface area contributed by atoms with E-state index in [4.69, 9.17) is 5.11 Å². The topological polar surface area (TPSA) is 49.3 Å². The minimum atomic E-state index is 0.0842. The van der Waals surface area contributed by atoms with E-state index < -0.39 is 0 Å². The van der Waals surface area contributed by atoms with Gasteiger partial charge < -0.3 is 10.4 Å². The van der Waals surface area contributed by atoms with E-state index in [9.17, 15) is 4.79 Å². The molecule has 0 aliphatic rings. The Bertz CT molecular complexity index is 147. The van der Waals surface area contributed by atoms with Crippen molar-refractivity contribution in [2.75, 3.05) is 18.5 Å². The highest BCUT2D eigenvalue weighted by molar-refractivity contribution is 9.09. The maximum atomic E-state index is 11.2. The van der Waals surface area contributed by atoms with E-state index in [0.29, 0.717) is 24.2 Å². The van der Waals surface area contributed by atoms with Crippen LogP contribution in [0.25, 0.3) is 0 Å². The van der Waals surface area contributed by atoms with Crippen molar-refractivity contribution in [2.24, 2.45) is 5.92 Å². The van der Waals surface area contributed by atoms with Crippen LogP contribution in [0, 0.1) is 5.92 Å². The summed E-state index contributed by atoms with van der Waals surface area (Å²) >= 11 is 3.22. The first kappa shape index (κ1) is 13.9. The molecular formula is C10H20BrNO2. The Labute approximate surface area is 94.4 Å². The van der Waals surface area contributed by atoms with Crippen molar-refractivity contribution in [3.05, 3.63) is 0 Å². The SMILES string of the molecule is CCCC(CCO)CNC(=O)CCBr. The Morgan fingerprint density at radius 3 is 2.71 bits per heavy atom. The third-order valence-electron chi connectivity index (χ3n) is 2.14. The Hall–Kier alpha value is -0.0900. The van der Waals surface area contributed by atoms with Crippen LogP contribution in [-0.2, 0) is 4.79 Å². The zero-order valence-electron chi connectivity index (χ0n) is 8.76. The first-order chi connectivity index (χ1) is 6.74. The molecule has 1 amide bonds. The summed E-state index contributed by atoms with van der Waals surface area (Å²) in [4.78, 5) is 11.2. The van der Waals surface area contributed by atoms with Crippen molar-refractivity contribution in [1.82, 2.24) is 5.32 Å². The van der Waals surface area contributed by atoms with Crippen LogP contribution in [-0.4, -0.2) is 29.5 Å². The maximum absolute atomic E-state index is 11.2. The van der Waals surface area contributed by atoms with Crippen LogP contribution in [0.2, 0.25) is 0 Å². The number of aliphatic hydroxyl groups is 1. The lowest BCUT2D eigenvalue weighted by Crippen LogP contribution is -2.29. The fraction of sp³-hybridized carbons (Fsp3) is 0.900. The summed E-state index contributed by atoms with van der Waals surface area (Å²) in [6, 6.07) is 0. The number of hydrogen-bond acceptors (Lipinski definition) is 2. The predicted molar refractivity (Wildman–Crippen MR) is 61.5 cm³/mol. The summed E-state index contributed by atoms with van der Waals surface area (Å²) in [7, 11) is 0. The van der Waals surface area contributed by atoms with Crippen molar-refractivity contribution in [3.63, 3.8) is 0 Å². The van der Waals surface area contributed by atoms with Gasteiger partial charge >= 0.3 is 0 Å². The zero-order chi connectivity index (χ0) is 10.8. The second-order valence-corrected chi connectivity index (χ2v) is 4.20. The minimum absolute atomic E-state index is 0.0842. The molecule has 84 valence electrons. The second kappa shape index (κ2) is 9.46. The molecule has 0 bridgehead atoms. The van der Waals surface area contributed by atoms with E-state index in [0.717, 1.165) is 19.3 Å². The molecule has 4 heteroatoms. The van der Waals surface area contributed by atoms with Crippen molar-refractivity contribution >= 4 is 21.8 Å². The Morgan fingerprint density at radius 1 is 1.50 bits per heavy atom. The van der Waals surface area contributed by atoms with Gasteiger partial charge in [-0.25, -0.2) is 0 Å². The summed E-state index contributed by atoms with van der Waals surface area (Å²) in [6.07, 6.45) is 3.47. The van der Waals surface area contributed by atoms with Gasteiger partial charge in [-0.2, -0.15) is 0 Å². The normalized spacial score (nSPS) is 12.5. The average Bonchev–Trinajstić information content (AvgIpc) is 2.15. The molecule has 0 saturated heterocycles. The van der Waals surface area contributed by atoms with Gasteiger partial charge in [0, 0.05) is 24.9 Å². The summed E-state index contributed by atoms with van der Waals surface area (Å²) < 4.78 is 0. The van der Waals surface area contributed by atoms with Crippen LogP contribution in [0.15, 0.2) is 0 Å². The number of rotatable bonds is 8. The summed E-state index contributed by atoms with van der Waals surface area (Å²) in [5.74, 6) is 0.505. The van der Waals surface area contributed by atoms with Crippen molar-refractivity contribution in [2.45, 2.75) is 32.6 Å². The monoisotopic (exact) mass is 265 g/mol. The number of hydrogen-bond donors (Lipinski definition) is 2. The van der Waals surface area contributed by atoms with Gasteiger partial charge in [-0.15, -0.1) is 0 Å². The van der Waals surface area contributed by atoms with Gasteiger partial charge in [0.1, 0.15) is 0 Å². The minimum Gasteiger partial charge on any atom is -0.396 e. The van der Waals surface area contributed by atoms with Gasteiger partial charge in [0.2, 0.25) is 5.91 Å². The third-order valence-corrected chi connectivity index (χ3v) is 2.54. The highest BCUT2D eigenvalue weighted by atomic mass is 79.9. The van der Waals surface area contributed by atoms with Crippen molar-refractivity contribution in [1.29, 1.82) is 0 Å². The molecule has 0 aliphatic heterocycles. The molecular weight excluding hydrogens is 246 g/mol. The summed E-state index contributed by atoms with van der Waals surface area (Å²) in [5, 5.41) is 12.4. The molecule has 0 rings (SSSR count). The molecule has 0 fully saturated rings. The molecule has 0 aromatic heterocycles. The van der Waals surface area contributed by atoms with Gasteiger partial charge in [0.05, 0.1) is 0 Å².